The molecule has 3 aliphatic rings. The molecule has 0 atom stereocenters. The van der Waals surface area contributed by atoms with Crippen LogP contribution in [0, 0.1) is 5.41 Å². The number of nitrogens with one attached hydrogen (secondary N) is 1. The number of aliphatic hydroxyl groups is 1. The number of aliphatic hydroxyl groups excluding tert-OH is 1. The Labute approximate surface area is 267 Å². The number of nitrogens with zero attached hydrogens (tertiary/aromatic N) is 7. The van der Waals surface area contributed by atoms with Crippen molar-refractivity contribution in [2.45, 2.75) is 52.4 Å². The Morgan fingerprint density at radius 1 is 1.20 bits per heavy atom. The Morgan fingerprint density at radius 3 is 2.76 bits per heavy atom. The number of carbonyl (C=O) groups is 1. The number of aryl methyl sites for hydroxylation is 1. The first kappa shape index (κ1) is 30.2. The Balaban J connectivity index is 1.16. The summed E-state index contributed by atoms with van der Waals surface area (Å²) < 4.78 is 10.9. The summed E-state index contributed by atoms with van der Waals surface area (Å²) in [4.78, 5) is 33.9. The zero-order chi connectivity index (χ0) is 32.2. The van der Waals surface area contributed by atoms with Crippen LogP contribution in [0.5, 0.6) is 0 Å². The second-order valence-corrected chi connectivity index (χ2v) is 13.4. The number of aldehydes is 1. The lowest BCUT2D eigenvalue weighted by atomic mass is 9.90. The molecule has 4 aromatic rings. The SMILES string of the molecule is CN(/C=C\n1c(C=O)cc2c1CC(C)(C)C2)c1nccc(-c2cc(Nc3cc4n(n3)CCN(C3COC3)C4)c(=O)n(C)c2)c1CO. The van der Waals surface area contributed by atoms with Crippen molar-refractivity contribution < 1.29 is 14.6 Å². The van der Waals surface area contributed by atoms with Gasteiger partial charge in [-0.3, -0.25) is 19.2 Å². The first-order chi connectivity index (χ1) is 22.1. The Morgan fingerprint density at radius 2 is 2.02 bits per heavy atom. The van der Waals surface area contributed by atoms with Crippen LogP contribution in [0.1, 0.15) is 46.9 Å². The molecule has 1 saturated heterocycles. The van der Waals surface area contributed by atoms with Crippen molar-refractivity contribution in [2.75, 3.05) is 37.0 Å². The number of pyridine rings is 2. The van der Waals surface area contributed by atoms with Crippen molar-refractivity contribution in [1.29, 1.82) is 0 Å². The predicted molar refractivity (Wildman–Crippen MR) is 176 cm³/mol. The third-order valence-electron chi connectivity index (χ3n) is 9.38. The molecule has 0 saturated carbocycles. The van der Waals surface area contributed by atoms with E-state index in [2.05, 4.69) is 29.0 Å². The molecule has 46 heavy (non-hydrogen) atoms. The number of rotatable bonds is 9. The minimum Gasteiger partial charge on any atom is -0.392 e. The summed E-state index contributed by atoms with van der Waals surface area (Å²) in [5.74, 6) is 1.19. The number of aromatic nitrogens is 5. The number of carbonyl (C=O) groups excluding carboxylic acids is 1. The van der Waals surface area contributed by atoms with Crippen molar-refractivity contribution in [3.8, 4) is 11.1 Å². The monoisotopic (exact) mass is 624 g/mol. The van der Waals surface area contributed by atoms with Gasteiger partial charge in [-0.15, -0.1) is 0 Å². The van der Waals surface area contributed by atoms with Crippen LogP contribution in [0.3, 0.4) is 0 Å². The van der Waals surface area contributed by atoms with Gasteiger partial charge < -0.3 is 29.2 Å². The van der Waals surface area contributed by atoms with Crippen LogP contribution >= 0.6 is 0 Å². The van der Waals surface area contributed by atoms with E-state index >= 15 is 0 Å². The average molecular weight is 625 g/mol. The molecule has 4 aromatic heterocycles. The van der Waals surface area contributed by atoms with E-state index in [4.69, 9.17) is 9.84 Å². The second kappa shape index (κ2) is 11.7. The van der Waals surface area contributed by atoms with Gasteiger partial charge in [-0.25, -0.2) is 4.98 Å². The highest BCUT2D eigenvalue weighted by molar-refractivity contribution is 5.77. The highest BCUT2D eigenvalue weighted by Crippen LogP contribution is 2.38. The fourth-order valence-electron chi connectivity index (χ4n) is 6.92. The second-order valence-electron chi connectivity index (χ2n) is 13.4. The molecule has 12 nitrogen and oxygen atoms in total. The van der Waals surface area contributed by atoms with Crippen molar-refractivity contribution in [3.05, 3.63) is 81.4 Å². The third-order valence-corrected chi connectivity index (χ3v) is 9.38. The summed E-state index contributed by atoms with van der Waals surface area (Å²) in [6.45, 7) is 8.26. The Kier molecular flexibility index (Phi) is 7.66. The molecule has 12 heteroatoms. The molecule has 2 aliphatic heterocycles. The Bertz CT molecular complexity index is 1900. The van der Waals surface area contributed by atoms with E-state index in [1.807, 2.05) is 51.8 Å². The van der Waals surface area contributed by atoms with Crippen LogP contribution < -0.4 is 15.8 Å². The number of fused-ring (bicyclic) bond motifs is 2. The van der Waals surface area contributed by atoms with E-state index in [1.54, 1.807) is 25.5 Å². The minimum atomic E-state index is -0.259. The molecule has 0 amide bonds. The van der Waals surface area contributed by atoms with Crippen LogP contribution in [0.15, 0.2) is 47.7 Å². The lowest BCUT2D eigenvalue weighted by Crippen LogP contribution is -2.51. The molecule has 0 unspecified atom stereocenters. The van der Waals surface area contributed by atoms with Crippen LogP contribution in [-0.4, -0.2) is 73.0 Å². The number of hydrogen-bond donors (Lipinski definition) is 2. The Hall–Kier alpha value is -4.52. The average Bonchev–Trinajstić information content (AvgIpc) is 3.65. The largest absolute Gasteiger partial charge is 0.392 e. The number of anilines is 3. The van der Waals surface area contributed by atoms with Crippen molar-refractivity contribution in [1.82, 2.24) is 28.8 Å². The van der Waals surface area contributed by atoms with Gasteiger partial charge in [-0.05, 0) is 47.6 Å². The van der Waals surface area contributed by atoms with Gasteiger partial charge in [0.05, 0.1) is 43.8 Å². The summed E-state index contributed by atoms with van der Waals surface area (Å²) in [6.07, 6.45) is 9.91. The summed E-state index contributed by atoms with van der Waals surface area (Å²) in [6, 6.07) is 8.08. The van der Waals surface area contributed by atoms with E-state index in [0.29, 0.717) is 34.6 Å². The van der Waals surface area contributed by atoms with E-state index in [1.165, 1.54) is 10.1 Å². The van der Waals surface area contributed by atoms with Gasteiger partial charge in [0.15, 0.2) is 12.1 Å². The summed E-state index contributed by atoms with van der Waals surface area (Å²) >= 11 is 0. The van der Waals surface area contributed by atoms with Gasteiger partial charge in [0, 0.05) is 74.9 Å². The van der Waals surface area contributed by atoms with E-state index in [0.717, 1.165) is 74.5 Å². The van der Waals surface area contributed by atoms with E-state index < -0.39 is 0 Å². The minimum absolute atomic E-state index is 0.153. The molecule has 1 aliphatic carbocycles. The summed E-state index contributed by atoms with van der Waals surface area (Å²) in [5, 5.41) is 18.6. The van der Waals surface area contributed by atoms with Gasteiger partial charge in [-0.2, -0.15) is 5.10 Å². The maximum absolute atomic E-state index is 13.2. The van der Waals surface area contributed by atoms with Gasteiger partial charge in [0.25, 0.3) is 5.56 Å². The summed E-state index contributed by atoms with van der Waals surface area (Å²) in [5.41, 5.74) is 6.55. The van der Waals surface area contributed by atoms with Crippen LogP contribution in [-0.2, 0) is 44.3 Å². The van der Waals surface area contributed by atoms with Crippen molar-refractivity contribution in [2.24, 2.45) is 12.5 Å². The summed E-state index contributed by atoms with van der Waals surface area (Å²) in [7, 11) is 3.58. The normalized spacial score (nSPS) is 17.6. The fourth-order valence-corrected chi connectivity index (χ4v) is 6.92. The lowest BCUT2D eigenvalue weighted by molar-refractivity contribution is -0.0735. The lowest BCUT2D eigenvalue weighted by Gasteiger charge is -2.39. The zero-order valence-corrected chi connectivity index (χ0v) is 26.7. The molecule has 2 N–H and O–H groups in total. The molecule has 1 fully saturated rings. The quantitative estimate of drug-likeness (QED) is 0.270. The van der Waals surface area contributed by atoms with Gasteiger partial charge in [0.2, 0.25) is 0 Å². The van der Waals surface area contributed by atoms with Gasteiger partial charge in [0.1, 0.15) is 11.5 Å². The number of hydrogen-bond acceptors (Lipinski definition) is 9. The van der Waals surface area contributed by atoms with E-state index in [9.17, 15) is 14.7 Å². The zero-order valence-electron chi connectivity index (χ0n) is 26.7. The molecule has 0 aromatic carbocycles. The molecule has 7 rings (SSSR count). The highest BCUT2D eigenvalue weighted by Gasteiger charge is 2.32. The maximum Gasteiger partial charge on any atom is 0.274 e. The predicted octanol–water partition coefficient (Wildman–Crippen LogP) is 3.40. The molecular weight excluding hydrogens is 584 g/mol. The van der Waals surface area contributed by atoms with Crippen LogP contribution in [0.2, 0.25) is 0 Å². The van der Waals surface area contributed by atoms with Gasteiger partial charge in [-0.1, -0.05) is 13.8 Å². The molecular formula is C34H40N8O4. The molecule has 0 spiro atoms. The first-order valence-corrected chi connectivity index (χ1v) is 15.7. The fraction of sp³-hybridized carbons (Fsp3) is 0.412. The van der Waals surface area contributed by atoms with Crippen molar-refractivity contribution >= 4 is 29.8 Å². The van der Waals surface area contributed by atoms with E-state index in [-0.39, 0.29) is 17.6 Å². The van der Waals surface area contributed by atoms with Crippen molar-refractivity contribution in [3.63, 3.8) is 0 Å². The molecule has 6 heterocycles. The smallest absolute Gasteiger partial charge is 0.274 e. The third kappa shape index (κ3) is 5.46. The number of ether oxygens (including phenoxy) is 1. The topological polar surface area (TPSA) is 123 Å². The highest BCUT2D eigenvalue weighted by atomic mass is 16.5. The van der Waals surface area contributed by atoms with Crippen LogP contribution in [0.4, 0.5) is 17.3 Å². The van der Waals surface area contributed by atoms with Crippen LogP contribution in [0.25, 0.3) is 17.3 Å². The molecule has 0 bridgehead atoms. The first-order valence-electron chi connectivity index (χ1n) is 15.7. The maximum atomic E-state index is 13.2. The molecule has 0 radical (unpaired) electrons. The van der Waals surface area contributed by atoms with Gasteiger partial charge >= 0.3 is 0 Å². The standard InChI is InChI=1S/C34H40N8O4/c1-34(2)14-22-11-25(18-43)41(30(22)15-34)9-7-38(3)32-28(19-44)27(5-6-35-32)23-12-29(33(45)39(4)16-23)36-31-13-24-17-40(26-20-46-21-26)8-10-42(24)37-31/h5-7,9,11-13,16,18,26,44H,8,10,14-15,17,19-21H2,1-4H3,(H,36,37)/b9-7-. The molecule has 240 valence electrons.